The normalized spacial score (nSPS) is 12.0. The highest BCUT2D eigenvalue weighted by Crippen LogP contribution is 2.31. The molecule has 1 unspecified atom stereocenters. The summed E-state index contributed by atoms with van der Waals surface area (Å²) < 4.78 is 5.45. The van der Waals surface area contributed by atoms with Crippen molar-refractivity contribution in [2.24, 2.45) is 0 Å². The lowest BCUT2D eigenvalue weighted by Crippen LogP contribution is -2.11. The first-order valence-corrected chi connectivity index (χ1v) is 7.19. The van der Waals surface area contributed by atoms with Gasteiger partial charge in [-0.05, 0) is 43.2 Å². The fourth-order valence-electron chi connectivity index (χ4n) is 2.33. The maximum absolute atomic E-state index is 6.00. The van der Waals surface area contributed by atoms with E-state index in [2.05, 4.69) is 25.2 Å². The van der Waals surface area contributed by atoms with E-state index in [9.17, 15) is 0 Å². The number of ether oxygens (including phenoxy) is 1. The smallest absolute Gasteiger partial charge is 0.124 e. The number of rotatable bonds is 5. The van der Waals surface area contributed by atoms with E-state index in [1.54, 1.807) is 7.11 Å². The topological polar surface area (TPSA) is 21.3 Å². The SMILES string of the molecule is CCC(Nc1ccc(Cl)cc1C)c1ccccc1OC. The summed E-state index contributed by atoms with van der Waals surface area (Å²) in [5.74, 6) is 0.915. The van der Waals surface area contributed by atoms with Gasteiger partial charge in [-0.25, -0.2) is 0 Å². The van der Waals surface area contributed by atoms with Crippen molar-refractivity contribution in [1.29, 1.82) is 0 Å². The Hall–Kier alpha value is -1.67. The molecule has 20 heavy (non-hydrogen) atoms. The molecule has 0 amide bonds. The Morgan fingerprint density at radius 3 is 2.60 bits per heavy atom. The third kappa shape index (κ3) is 3.26. The molecule has 106 valence electrons. The molecule has 2 aromatic carbocycles. The van der Waals surface area contributed by atoms with Gasteiger partial charge in [0, 0.05) is 16.3 Å². The number of benzene rings is 2. The van der Waals surface area contributed by atoms with Gasteiger partial charge in [0.25, 0.3) is 0 Å². The van der Waals surface area contributed by atoms with Gasteiger partial charge >= 0.3 is 0 Å². The number of halogens is 1. The first-order valence-electron chi connectivity index (χ1n) is 6.81. The number of nitrogens with one attached hydrogen (secondary N) is 1. The third-order valence-corrected chi connectivity index (χ3v) is 3.68. The van der Waals surface area contributed by atoms with E-state index in [-0.39, 0.29) is 6.04 Å². The molecule has 2 aromatic rings. The summed E-state index contributed by atoms with van der Waals surface area (Å²) in [7, 11) is 1.71. The summed E-state index contributed by atoms with van der Waals surface area (Å²) in [6.45, 7) is 4.22. The van der Waals surface area contributed by atoms with E-state index < -0.39 is 0 Å². The summed E-state index contributed by atoms with van der Waals surface area (Å²) in [6, 6.07) is 14.2. The van der Waals surface area contributed by atoms with Crippen LogP contribution >= 0.6 is 11.6 Å². The van der Waals surface area contributed by atoms with Crippen LogP contribution < -0.4 is 10.1 Å². The molecule has 2 rings (SSSR count). The number of methoxy groups -OCH3 is 1. The number of hydrogen-bond acceptors (Lipinski definition) is 2. The quantitative estimate of drug-likeness (QED) is 0.815. The summed E-state index contributed by atoms with van der Waals surface area (Å²) in [5.41, 5.74) is 3.42. The predicted octanol–water partition coefficient (Wildman–Crippen LogP) is 5.22. The van der Waals surface area contributed by atoms with Crippen LogP contribution in [-0.2, 0) is 0 Å². The Balaban J connectivity index is 2.29. The number of anilines is 1. The molecule has 1 atom stereocenters. The first kappa shape index (κ1) is 14.7. The summed E-state index contributed by atoms with van der Waals surface area (Å²) in [4.78, 5) is 0. The van der Waals surface area contributed by atoms with E-state index in [0.29, 0.717) is 0 Å². The maximum Gasteiger partial charge on any atom is 0.124 e. The van der Waals surface area contributed by atoms with Crippen LogP contribution in [0.5, 0.6) is 5.75 Å². The fourth-order valence-corrected chi connectivity index (χ4v) is 2.56. The molecule has 2 nitrogen and oxygen atoms in total. The van der Waals surface area contributed by atoms with Gasteiger partial charge in [0.2, 0.25) is 0 Å². The fraction of sp³-hybridized carbons (Fsp3) is 0.294. The minimum Gasteiger partial charge on any atom is -0.496 e. The van der Waals surface area contributed by atoms with Gasteiger partial charge in [-0.3, -0.25) is 0 Å². The zero-order valence-electron chi connectivity index (χ0n) is 12.1. The lowest BCUT2D eigenvalue weighted by atomic mass is 10.0. The summed E-state index contributed by atoms with van der Waals surface area (Å²) in [6.07, 6.45) is 0.975. The molecular weight excluding hydrogens is 270 g/mol. The second-order valence-corrected chi connectivity index (χ2v) is 5.24. The molecule has 0 spiro atoms. The molecular formula is C17H20ClNO. The Morgan fingerprint density at radius 2 is 1.95 bits per heavy atom. The Morgan fingerprint density at radius 1 is 1.20 bits per heavy atom. The van der Waals surface area contributed by atoms with Gasteiger partial charge < -0.3 is 10.1 Å². The number of para-hydroxylation sites is 1. The van der Waals surface area contributed by atoms with Crippen molar-refractivity contribution in [3.63, 3.8) is 0 Å². The van der Waals surface area contributed by atoms with Crippen LogP contribution in [0.2, 0.25) is 5.02 Å². The lowest BCUT2D eigenvalue weighted by Gasteiger charge is -2.22. The molecule has 3 heteroatoms. The van der Waals surface area contributed by atoms with Crippen molar-refractivity contribution < 1.29 is 4.74 Å². The van der Waals surface area contributed by atoms with Gasteiger partial charge in [0.1, 0.15) is 5.75 Å². The van der Waals surface area contributed by atoms with Crippen molar-refractivity contribution in [1.82, 2.24) is 0 Å². The second kappa shape index (κ2) is 6.67. The average Bonchev–Trinajstić information content (AvgIpc) is 2.46. The molecule has 0 heterocycles. The average molecular weight is 290 g/mol. The largest absolute Gasteiger partial charge is 0.496 e. The molecule has 0 saturated heterocycles. The van der Waals surface area contributed by atoms with Crippen molar-refractivity contribution in [2.75, 3.05) is 12.4 Å². The molecule has 0 saturated carbocycles. The molecule has 0 fully saturated rings. The first-order chi connectivity index (χ1) is 9.65. The van der Waals surface area contributed by atoms with Crippen LogP contribution in [0.1, 0.15) is 30.5 Å². The molecule has 0 aliphatic heterocycles. The van der Waals surface area contributed by atoms with Crippen molar-refractivity contribution in [2.45, 2.75) is 26.3 Å². The monoisotopic (exact) mass is 289 g/mol. The minimum atomic E-state index is 0.214. The zero-order valence-corrected chi connectivity index (χ0v) is 12.9. The zero-order chi connectivity index (χ0) is 14.5. The van der Waals surface area contributed by atoms with Crippen LogP contribution in [0, 0.1) is 6.92 Å². The molecule has 0 aliphatic carbocycles. The third-order valence-electron chi connectivity index (χ3n) is 3.44. The number of hydrogen-bond donors (Lipinski definition) is 1. The highest BCUT2D eigenvalue weighted by atomic mass is 35.5. The van der Waals surface area contributed by atoms with Crippen LogP contribution in [0.3, 0.4) is 0 Å². The molecule has 0 aliphatic rings. The summed E-state index contributed by atoms with van der Waals surface area (Å²) in [5, 5.41) is 4.34. The Bertz CT molecular complexity index is 583. The van der Waals surface area contributed by atoms with E-state index >= 15 is 0 Å². The number of aryl methyl sites for hydroxylation is 1. The minimum absolute atomic E-state index is 0.214. The van der Waals surface area contributed by atoms with Crippen molar-refractivity contribution in [3.8, 4) is 5.75 Å². The second-order valence-electron chi connectivity index (χ2n) is 4.81. The van der Waals surface area contributed by atoms with Crippen LogP contribution in [0.4, 0.5) is 5.69 Å². The maximum atomic E-state index is 6.00. The Kier molecular flexibility index (Phi) is 4.91. The van der Waals surface area contributed by atoms with E-state index in [1.807, 2.05) is 36.4 Å². The van der Waals surface area contributed by atoms with Gasteiger partial charge in [-0.2, -0.15) is 0 Å². The van der Waals surface area contributed by atoms with Gasteiger partial charge in [-0.1, -0.05) is 36.7 Å². The highest BCUT2D eigenvalue weighted by molar-refractivity contribution is 6.30. The van der Waals surface area contributed by atoms with E-state index in [0.717, 1.165) is 28.4 Å². The molecule has 1 N–H and O–H groups in total. The van der Waals surface area contributed by atoms with E-state index in [1.165, 1.54) is 5.56 Å². The van der Waals surface area contributed by atoms with Crippen LogP contribution in [0.15, 0.2) is 42.5 Å². The highest BCUT2D eigenvalue weighted by Gasteiger charge is 2.14. The van der Waals surface area contributed by atoms with Crippen molar-refractivity contribution in [3.05, 3.63) is 58.6 Å². The molecule has 0 aromatic heterocycles. The van der Waals surface area contributed by atoms with Gasteiger partial charge in [0.15, 0.2) is 0 Å². The molecule has 0 bridgehead atoms. The van der Waals surface area contributed by atoms with Gasteiger partial charge in [0.05, 0.1) is 13.2 Å². The van der Waals surface area contributed by atoms with Crippen molar-refractivity contribution >= 4 is 17.3 Å². The molecule has 0 radical (unpaired) electrons. The summed E-state index contributed by atoms with van der Waals surface area (Å²) >= 11 is 6.00. The van der Waals surface area contributed by atoms with Gasteiger partial charge in [-0.15, -0.1) is 0 Å². The van der Waals surface area contributed by atoms with Crippen LogP contribution in [0.25, 0.3) is 0 Å². The van der Waals surface area contributed by atoms with E-state index in [4.69, 9.17) is 16.3 Å². The standard InChI is InChI=1S/C17H20ClNO/c1-4-15(14-7-5-6-8-17(14)20-3)19-16-10-9-13(18)11-12(16)2/h5-11,15,19H,4H2,1-3H3. The predicted molar refractivity (Wildman–Crippen MR) is 85.8 cm³/mol. The lowest BCUT2D eigenvalue weighted by molar-refractivity contribution is 0.406. The van der Waals surface area contributed by atoms with Crippen LogP contribution in [-0.4, -0.2) is 7.11 Å². The Labute approximate surface area is 125 Å².